The van der Waals surface area contributed by atoms with E-state index < -0.39 is 68.9 Å². The Morgan fingerprint density at radius 1 is 1.05 bits per heavy atom. The first kappa shape index (κ1) is 31.3. The Kier molecular flexibility index (Phi) is 8.86. The molecule has 0 bridgehead atoms. The quantitative estimate of drug-likeness (QED) is 0.234. The monoisotopic (exact) mass is 664 g/mol. The second-order valence-corrected chi connectivity index (χ2v) is 10.5. The van der Waals surface area contributed by atoms with Crippen LogP contribution in [0.1, 0.15) is 46.0 Å². The third kappa shape index (κ3) is 6.69. The number of nitrogens with zero attached hydrogens (tertiary/aromatic N) is 1. The second kappa shape index (κ2) is 11.9. The molecule has 4 rings (SSSR count). The van der Waals surface area contributed by atoms with Crippen LogP contribution >= 0.6 is 15.9 Å². The second-order valence-electron chi connectivity index (χ2n) is 9.67. The Balaban J connectivity index is 1.70. The molecule has 2 amide bonds. The number of alkyl halides is 6. The maximum absolute atomic E-state index is 15.8. The van der Waals surface area contributed by atoms with Crippen LogP contribution < -0.4 is 15.0 Å². The zero-order valence-corrected chi connectivity index (χ0v) is 23.1. The van der Waals surface area contributed by atoms with Crippen molar-refractivity contribution in [2.75, 3.05) is 16.8 Å². The summed E-state index contributed by atoms with van der Waals surface area (Å²) in [6, 6.07) is 9.07. The first-order valence-electron chi connectivity index (χ1n) is 12.3. The number of halogens is 9. The molecule has 1 saturated carbocycles. The number of benzene rings is 3. The lowest BCUT2D eigenvalue weighted by Crippen LogP contribution is -2.35. The number of nitrogens with one attached hydrogen (secondary N) is 1. The molecule has 0 spiro atoms. The van der Waals surface area contributed by atoms with Gasteiger partial charge in [0.1, 0.15) is 5.82 Å². The van der Waals surface area contributed by atoms with E-state index in [2.05, 4.69) is 26.0 Å². The van der Waals surface area contributed by atoms with Crippen LogP contribution in [0, 0.1) is 17.6 Å². The van der Waals surface area contributed by atoms with Crippen molar-refractivity contribution in [2.24, 2.45) is 5.92 Å². The third-order valence-electron chi connectivity index (χ3n) is 6.57. The van der Waals surface area contributed by atoms with Crippen LogP contribution in [-0.4, -0.2) is 31.1 Å². The molecular weight excluding hydrogens is 644 g/mol. The predicted molar refractivity (Wildman–Crippen MR) is 140 cm³/mol. The first-order valence-corrected chi connectivity index (χ1v) is 13.1. The van der Waals surface area contributed by atoms with Gasteiger partial charge < -0.3 is 15.0 Å². The molecule has 0 radical (unpaired) electrons. The lowest BCUT2D eigenvalue weighted by atomic mass is 9.96. The fourth-order valence-electron chi connectivity index (χ4n) is 4.01. The highest BCUT2D eigenvalue weighted by atomic mass is 79.9. The number of rotatable bonds is 9. The van der Waals surface area contributed by atoms with Crippen molar-refractivity contribution in [3.8, 4) is 5.75 Å². The van der Waals surface area contributed by atoms with Gasteiger partial charge in [0.25, 0.3) is 11.8 Å². The van der Waals surface area contributed by atoms with Crippen molar-refractivity contribution in [3.05, 3.63) is 87.4 Å². The van der Waals surface area contributed by atoms with Gasteiger partial charge in [0, 0.05) is 22.1 Å². The highest BCUT2D eigenvalue weighted by Crippen LogP contribution is 2.46. The van der Waals surface area contributed by atoms with Gasteiger partial charge in [-0.15, -0.1) is 0 Å². The normalized spacial score (nSPS) is 14.8. The number of hydrogen-bond acceptors (Lipinski definition) is 3. The highest BCUT2D eigenvalue weighted by molar-refractivity contribution is 9.10. The van der Waals surface area contributed by atoms with E-state index >= 15 is 4.39 Å². The minimum atomic E-state index is -5.42. The zero-order valence-electron chi connectivity index (χ0n) is 21.5. The maximum Gasteiger partial charge on any atom is 0.426 e. The summed E-state index contributed by atoms with van der Waals surface area (Å²) >= 11 is 2.84. The van der Waals surface area contributed by atoms with E-state index in [1.54, 1.807) is 0 Å². The summed E-state index contributed by atoms with van der Waals surface area (Å²) in [7, 11) is 0. The molecule has 1 N–H and O–H groups in total. The van der Waals surface area contributed by atoms with Gasteiger partial charge in [-0.3, -0.25) is 9.59 Å². The van der Waals surface area contributed by atoms with E-state index in [1.807, 2.05) is 0 Å². The van der Waals surface area contributed by atoms with Gasteiger partial charge in [-0.2, -0.15) is 22.0 Å². The Hall–Kier alpha value is -3.68. The highest BCUT2D eigenvalue weighted by Gasteiger charge is 2.54. The van der Waals surface area contributed by atoms with Crippen LogP contribution in [0.25, 0.3) is 0 Å². The van der Waals surface area contributed by atoms with Crippen molar-refractivity contribution in [2.45, 2.75) is 38.2 Å². The smallest absolute Gasteiger partial charge is 0.426 e. The van der Waals surface area contributed by atoms with Gasteiger partial charge in [-0.05, 0) is 90.1 Å². The van der Waals surface area contributed by atoms with E-state index in [0.717, 1.165) is 35.9 Å². The molecule has 0 heterocycles. The Morgan fingerprint density at radius 2 is 1.69 bits per heavy atom. The minimum absolute atomic E-state index is 0.0582. The standard InChI is InChI=1S/C28H21BrF8N2O3/c1-27(34,28(35,36)37)16-11-19(29)23(21(12-16)42-26(32)33)38-24(40)18-3-2-4-20(22(18)31)39(13-14-5-6-14)25(41)15-7-9-17(30)10-8-15/h2-4,7-12,14,26H,5-6,13H2,1H3,(H,38,40). The van der Waals surface area contributed by atoms with Crippen LogP contribution in [0.3, 0.4) is 0 Å². The number of anilines is 2. The van der Waals surface area contributed by atoms with Crippen LogP contribution in [0.5, 0.6) is 5.75 Å². The first-order chi connectivity index (χ1) is 19.6. The number of amides is 2. The summed E-state index contributed by atoms with van der Waals surface area (Å²) in [6.07, 6.45) is -3.86. The van der Waals surface area contributed by atoms with Crippen LogP contribution in [0.2, 0.25) is 0 Å². The fraction of sp³-hybridized carbons (Fsp3) is 0.286. The summed E-state index contributed by atoms with van der Waals surface area (Å²) in [5.41, 5.74) is -6.57. The summed E-state index contributed by atoms with van der Waals surface area (Å²) < 4.78 is 114. The van der Waals surface area contributed by atoms with Crippen molar-refractivity contribution < 1.29 is 49.4 Å². The summed E-state index contributed by atoms with van der Waals surface area (Å²) in [4.78, 5) is 27.5. The molecule has 5 nitrogen and oxygen atoms in total. The SMILES string of the molecule is CC(F)(c1cc(Br)c(NC(=O)c2cccc(N(CC3CC3)C(=O)c3ccc(F)cc3)c2F)c(OC(F)F)c1)C(F)(F)F. The predicted octanol–water partition coefficient (Wildman–Crippen LogP) is 8.38. The minimum Gasteiger partial charge on any atom is -0.433 e. The number of carbonyl (C=O) groups is 2. The molecule has 14 heteroatoms. The van der Waals surface area contributed by atoms with E-state index in [4.69, 9.17) is 0 Å². The Morgan fingerprint density at radius 3 is 2.26 bits per heavy atom. The number of hydrogen-bond donors (Lipinski definition) is 1. The number of ether oxygens (including phenoxy) is 1. The Bertz CT molecular complexity index is 1490. The number of carbonyl (C=O) groups excluding carboxylic acids is 2. The largest absolute Gasteiger partial charge is 0.433 e. The van der Waals surface area contributed by atoms with Gasteiger partial charge in [0.05, 0.1) is 16.9 Å². The maximum atomic E-state index is 15.8. The summed E-state index contributed by atoms with van der Waals surface area (Å²) in [5, 5.41) is 2.11. The molecule has 0 aromatic heterocycles. The lowest BCUT2D eigenvalue weighted by molar-refractivity contribution is -0.228. The van der Waals surface area contributed by atoms with E-state index in [0.29, 0.717) is 12.1 Å². The lowest BCUT2D eigenvalue weighted by Gasteiger charge is -2.26. The molecule has 3 aromatic carbocycles. The molecule has 1 fully saturated rings. The van der Waals surface area contributed by atoms with Crippen LogP contribution in [0.4, 0.5) is 46.5 Å². The Labute approximate surface area is 242 Å². The van der Waals surface area contributed by atoms with Gasteiger partial charge in [0.2, 0.25) is 5.67 Å². The van der Waals surface area contributed by atoms with Gasteiger partial charge in [0.15, 0.2) is 11.6 Å². The van der Waals surface area contributed by atoms with Crippen molar-refractivity contribution in [3.63, 3.8) is 0 Å². The molecule has 0 aliphatic heterocycles. The topological polar surface area (TPSA) is 58.6 Å². The fourth-order valence-corrected chi connectivity index (χ4v) is 4.55. The molecule has 0 saturated heterocycles. The van der Waals surface area contributed by atoms with Crippen LogP contribution in [0.15, 0.2) is 59.1 Å². The molecule has 1 atom stereocenters. The van der Waals surface area contributed by atoms with Gasteiger partial charge in [-0.1, -0.05) is 6.07 Å². The third-order valence-corrected chi connectivity index (χ3v) is 7.20. The van der Waals surface area contributed by atoms with Crippen molar-refractivity contribution >= 4 is 39.1 Å². The molecule has 1 aliphatic carbocycles. The van der Waals surface area contributed by atoms with E-state index in [-0.39, 0.29) is 30.6 Å². The molecule has 3 aromatic rings. The average Bonchev–Trinajstić information content (AvgIpc) is 3.72. The molecule has 1 unspecified atom stereocenters. The molecule has 1 aliphatic rings. The van der Waals surface area contributed by atoms with Gasteiger partial charge in [-0.25, -0.2) is 13.2 Å². The summed E-state index contributed by atoms with van der Waals surface area (Å²) in [6.45, 7) is -3.30. The summed E-state index contributed by atoms with van der Waals surface area (Å²) in [5.74, 6) is -4.61. The van der Waals surface area contributed by atoms with Gasteiger partial charge >= 0.3 is 12.8 Å². The van der Waals surface area contributed by atoms with E-state index in [9.17, 15) is 40.3 Å². The van der Waals surface area contributed by atoms with Crippen LogP contribution in [-0.2, 0) is 5.67 Å². The molecule has 224 valence electrons. The molecular formula is C28H21BrF8N2O3. The molecule has 42 heavy (non-hydrogen) atoms. The van der Waals surface area contributed by atoms with Crippen molar-refractivity contribution in [1.82, 2.24) is 0 Å². The zero-order chi connectivity index (χ0) is 31.0. The van der Waals surface area contributed by atoms with Crippen molar-refractivity contribution in [1.29, 1.82) is 0 Å². The van der Waals surface area contributed by atoms with E-state index in [1.165, 1.54) is 24.3 Å². The average molecular weight is 665 g/mol.